The van der Waals surface area contributed by atoms with Crippen LogP contribution in [-0.4, -0.2) is 0 Å². The molecule has 0 saturated heterocycles. The van der Waals surface area contributed by atoms with Gasteiger partial charge in [0.15, 0.2) is 0 Å². The van der Waals surface area contributed by atoms with E-state index in [2.05, 4.69) is 84.9 Å². The van der Waals surface area contributed by atoms with E-state index in [9.17, 15) is 4.79 Å². The van der Waals surface area contributed by atoms with Gasteiger partial charge in [0.2, 0.25) is 5.43 Å². The van der Waals surface area contributed by atoms with Gasteiger partial charge in [-0.3, -0.25) is 4.79 Å². The Morgan fingerprint density at radius 1 is 0.590 bits per heavy atom. The summed E-state index contributed by atoms with van der Waals surface area (Å²) in [6.45, 7) is 2.01. The first kappa shape index (κ1) is 23.2. The van der Waals surface area contributed by atoms with Crippen LogP contribution in [0.1, 0.15) is 39.1 Å². The first-order valence-electron chi connectivity index (χ1n) is 13.2. The molecule has 39 heavy (non-hydrogen) atoms. The molecule has 2 nitrogen and oxygen atoms in total. The number of hydrogen-bond donors (Lipinski definition) is 0. The fourth-order valence-corrected chi connectivity index (χ4v) is 6.18. The van der Waals surface area contributed by atoms with Crippen molar-refractivity contribution >= 4 is 22.1 Å². The zero-order valence-corrected chi connectivity index (χ0v) is 21.6. The van der Waals surface area contributed by atoms with Crippen molar-refractivity contribution in [2.24, 2.45) is 0 Å². The summed E-state index contributed by atoms with van der Waals surface area (Å²) in [5, 5.41) is 0.603. The summed E-state index contributed by atoms with van der Waals surface area (Å²) in [4.78, 5) is 14.6. The lowest BCUT2D eigenvalue weighted by atomic mass is 9.67. The lowest BCUT2D eigenvalue weighted by molar-refractivity contribution is 0.498. The van der Waals surface area contributed by atoms with E-state index in [1.54, 1.807) is 0 Å². The number of aryl methyl sites for hydroxylation is 1. The molecule has 7 rings (SSSR count). The molecular formula is C37H26O2. The average Bonchev–Trinajstić information content (AvgIpc) is 3.31. The quantitative estimate of drug-likeness (QED) is 0.242. The second-order valence-corrected chi connectivity index (χ2v) is 10.1. The summed E-state index contributed by atoms with van der Waals surface area (Å²) < 4.78 is 6.93. The minimum Gasteiger partial charge on any atom is -0.458 e. The minimum absolute atomic E-state index is 0.00373. The van der Waals surface area contributed by atoms with Crippen LogP contribution in [-0.2, 0) is 5.41 Å². The van der Waals surface area contributed by atoms with E-state index in [0.29, 0.717) is 22.3 Å². The standard InChI is InChI=1S/C37H26O2/c1-25-22-23-31-30(24-25)35(38)33-32(26-14-6-2-7-15-26)34(27-16-8-3-9-17-27)37(36(33)39-31,28-18-10-4-11-19-28)29-20-12-5-13-21-29/h2-24H,1H3. The van der Waals surface area contributed by atoms with E-state index in [4.69, 9.17) is 4.42 Å². The van der Waals surface area contributed by atoms with Crippen LogP contribution in [0.25, 0.3) is 22.1 Å². The van der Waals surface area contributed by atoms with Crippen molar-refractivity contribution in [2.75, 3.05) is 0 Å². The smallest absolute Gasteiger partial charge is 0.200 e. The van der Waals surface area contributed by atoms with Gasteiger partial charge in [0.05, 0.1) is 10.9 Å². The van der Waals surface area contributed by atoms with Gasteiger partial charge >= 0.3 is 0 Å². The van der Waals surface area contributed by atoms with Gasteiger partial charge in [0.1, 0.15) is 16.8 Å². The first-order valence-corrected chi connectivity index (χ1v) is 13.2. The third-order valence-electron chi connectivity index (χ3n) is 7.80. The summed E-state index contributed by atoms with van der Waals surface area (Å²) in [5.74, 6) is 0.666. The number of benzene rings is 5. The summed E-state index contributed by atoms with van der Waals surface area (Å²) in [6, 6.07) is 47.4. The predicted molar refractivity (Wildman–Crippen MR) is 159 cm³/mol. The summed E-state index contributed by atoms with van der Waals surface area (Å²) in [6.07, 6.45) is 0. The largest absolute Gasteiger partial charge is 0.458 e. The van der Waals surface area contributed by atoms with Crippen LogP contribution in [0, 0.1) is 6.92 Å². The molecule has 1 aliphatic rings. The zero-order valence-electron chi connectivity index (χ0n) is 21.6. The molecule has 0 spiro atoms. The van der Waals surface area contributed by atoms with Crippen molar-refractivity contribution in [3.8, 4) is 0 Å². The molecule has 0 atom stereocenters. The van der Waals surface area contributed by atoms with E-state index in [0.717, 1.165) is 39.0 Å². The third-order valence-corrected chi connectivity index (χ3v) is 7.80. The van der Waals surface area contributed by atoms with Crippen molar-refractivity contribution in [2.45, 2.75) is 12.3 Å². The molecule has 6 aromatic rings. The van der Waals surface area contributed by atoms with Crippen LogP contribution in [0.15, 0.2) is 149 Å². The van der Waals surface area contributed by atoms with Crippen molar-refractivity contribution in [1.29, 1.82) is 0 Å². The number of hydrogen-bond acceptors (Lipinski definition) is 2. The molecule has 2 heteroatoms. The van der Waals surface area contributed by atoms with Gasteiger partial charge in [-0.25, -0.2) is 0 Å². The molecule has 186 valence electrons. The summed E-state index contributed by atoms with van der Waals surface area (Å²) in [7, 11) is 0. The highest BCUT2D eigenvalue weighted by Gasteiger charge is 2.52. The lowest BCUT2D eigenvalue weighted by Gasteiger charge is -2.34. The molecular weight excluding hydrogens is 476 g/mol. The second-order valence-electron chi connectivity index (χ2n) is 10.1. The molecule has 1 heterocycles. The summed E-state index contributed by atoms with van der Waals surface area (Å²) >= 11 is 0. The molecule has 0 N–H and O–H groups in total. The maximum absolute atomic E-state index is 14.6. The first-order chi connectivity index (χ1) is 19.2. The Bertz CT molecular complexity index is 1860. The van der Waals surface area contributed by atoms with Gasteiger partial charge in [-0.15, -0.1) is 0 Å². The maximum Gasteiger partial charge on any atom is 0.200 e. The molecule has 0 unspecified atom stereocenters. The van der Waals surface area contributed by atoms with Gasteiger partial charge in [-0.2, -0.15) is 0 Å². The fourth-order valence-electron chi connectivity index (χ4n) is 6.18. The van der Waals surface area contributed by atoms with Crippen molar-refractivity contribution in [3.63, 3.8) is 0 Å². The van der Waals surface area contributed by atoms with Gasteiger partial charge in [0.25, 0.3) is 0 Å². The van der Waals surface area contributed by atoms with Gasteiger partial charge in [-0.1, -0.05) is 133 Å². The number of fused-ring (bicyclic) bond motifs is 2. The van der Waals surface area contributed by atoms with Crippen LogP contribution >= 0.6 is 0 Å². The van der Waals surface area contributed by atoms with Gasteiger partial charge in [-0.05, 0) is 46.9 Å². The molecule has 5 aromatic carbocycles. The SMILES string of the molecule is Cc1ccc2oc3c(c(=O)c2c1)C(c1ccccc1)=C(c1ccccc1)C3(c1ccccc1)c1ccccc1. The van der Waals surface area contributed by atoms with Crippen LogP contribution in [0.2, 0.25) is 0 Å². The van der Waals surface area contributed by atoms with E-state index < -0.39 is 5.41 Å². The Balaban J connectivity index is 1.78. The Kier molecular flexibility index (Phi) is 5.42. The highest BCUT2D eigenvalue weighted by atomic mass is 16.3. The molecule has 0 aliphatic heterocycles. The molecule has 0 fully saturated rings. The second kappa shape index (κ2) is 9.11. The van der Waals surface area contributed by atoms with Crippen molar-refractivity contribution in [3.05, 3.63) is 189 Å². The summed E-state index contributed by atoms with van der Waals surface area (Å²) in [5.41, 5.74) is 7.52. The van der Waals surface area contributed by atoms with Crippen molar-refractivity contribution < 1.29 is 4.42 Å². The van der Waals surface area contributed by atoms with E-state index in [1.807, 2.05) is 61.5 Å². The molecule has 0 saturated carbocycles. The third kappa shape index (κ3) is 3.45. The van der Waals surface area contributed by atoms with Gasteiger partial charge in [0, 0.05) is 5.57 Å². The highest BCUT2D eigenvalue weighted by molar-refractivity contribution is 6.10. The fraction of sp³-hybridized carbons (Fsp3) is 0.0541. The van der Waals surface area contributed by atoms with Crippen LogP contribution in [0.5, 0.6) is 0 Å². The maximum atomic E-state index is 14.6. The van der Waals surface area contributed by atoms with Crippen molar-refractivity contribution in [1.82, 2.24) is 0 Å². The normalized spacial score (nSPS) is 14.0. The lowest BCUT2D eigenvalue weighted by Crippen LogP contribution is -2.30. The molecule has 1 aromatic heterocycles. The molecule has 0 amide bonds. The minimum atomic E-state index is -0.845. The molecule has 0 radical (unpaired) electrons. The number of rotatable bonds is 4. The topological polar surface area (TPSA) is 30.2 Å². The number of allylic oxidation sites excluding steroid dienone is 1. The Labute approximate surface area is 227 Å². The molecule has 0 bridgehead atoms. The van der Waals surface area contributed by atoms with E-state index >= 15 is 0 Å². The van der Waals surface area contributed by atoms with Gasteiger partial charge < -0.3 is 4.42 Å². The average molecular weight is 503 g/mol. The molecule has 1 aliphatic carbocycles. The van der Waals surface area contributed by atoms with E-state index in [1.165, 1.54) is 0 Å². The Hall–Kier alpha value is -4.95. The Morgan fingerprint density at radius 2 is 1.10 bits per heavy atom. The Morgan fingerprint density at radius 3 is 1.67 bits per heavy atom. The van der Waals surface area contributed by atoms with Crippen LogP contribution < -0.4 is 5.43 Å². The monoisotopic (exact) mass is 502 g/mol. The highest BCUT2D eigenvalue weighted by Crippen LogP contribution is 2.59. The van der Waals surface area contributed by atoms with E-state index in [-0.39, 0.29) is 5.43 Å². The predicted octanol–water partition coefficient (Wildman–Crippen LogP) is 8.41. The zero-order chi connectivity index (χ0) is 26.4. The van der Waals surface area contributed by atoms with Crippen LogP contribution in [0.4, 0.5) is 0 Å². The van der Waals surface area contributed by atoms with Crippen LogP contribution in [0.3, 0.4) is 0 Å².